The lowest BCUT2D eigenvalue weighted by atomic mass is 9.98. The van der Waals surface area contributed by atoms with Crippen molar-refractivity contribution < 1.29 is 17.6 Å². The first-order valence-electron chi connectivity index (χ1n) is 8.81. The van der Waals surface area contributed by atoms with Crippen molar-refractivity contribution in [1.29, 1.82) is 0 Å². The molecule has 0 amide bonds. The van der Waals surface area contributed by atoms with Gasteiger partial charge >= 0.3 is 0 Å². The Hall–Kier alpha value is -1.93. The third-order valence-electron chi connectivity index (χ3n) is 4.76. The molecule has 3 rings (SSSR count). The first-order chi connectivity index (χ1) is 12.3. The summed E-state index contributed by atoms with van der Waals surface area (Å²) < 4.78 is 38.3. The van der Waals surface area contributed by atoms with Gasteiger partial charge in [0.05, 0.1) is 12.0 Å². The molecule has 1 fully saturated rings. The average Bonchev–Trinajstić information content (AvgIpc) is 3.12. The van der Waals surface area contributed by atoms with Crippen LogP contribution in [0.15, 0.2) is 27.5 Å². The van der Waals surface area contributed by atoms with E-state index in [9.17, 15) is 8.42 Å². The number of piperidine rings is 1. The van der Waals surface area contributed by atoms with Gasteiger partial charge in [0.25, 0.3) is 0 Å². The Bertz CT molecular complexity index is 868. The minimum atomic E-state index is -3.51. The van der Waals surface area contributed by atoms with E-state index < -0.39 is 10.0 Å². The van der Waals surface area contributed by atoms with Crippen LogP contribution in [-0.2, 0) is 10.0 Å². The van der Waals surface area contributed by atoms with Crippen molar-refractivity contribution in [2.75, 3.05) is 20.2 Å². The summed E-state index contributed by atoms with van der Waals surface area (Å²) in [5.74, 6) is 2.23. The Morgan fingerprint density at radius 1 is 1.23 bits per heavy atom. The molecular formula is C18H25N3O4S. The molecule has 1 saturated heterocycles. The van der Waals surface area contributed by atoms with Crippen LogP contribution in [0.5, 0.6) is 5.75 Å². The summed E-state index contributed by atoms with van der Waals surface area (Å²) in [6.07, 6.45) is 1.35. The Balaban J connectivity index is 1.71. The van der Waals surface area contributed by atoms with Crippen molar-refractivity contribution in [1.82, 2.24) is 14.5 Å². The number of ether oxygens (including phenoxy) is 1. The van der Waals surface area contributed by atoms with Crippen LogP contribution >= 0.6 is 0 Å². The van der Waals surface area contributed by atoms with Crippen molar-refractivity contribution >= 4 is 10.0 Å². The molecular weight excluding hydrogens is 354 g/mol. The van der Waals surface area contributed by atoms with Crippen LogP contribution in [0, 0.1) is 6.92 Å². The quantitative estimate of drug-likeness (QED) is 0.794. The van der Waals surface area contributed by atoms with Crippen molar-refractivity contribution in [2.45, 2.75) is 50.3 Å². The van der Waals surface area contributed by atoms with E-state index in [2.05, 4.69) is 10.2 Å². The smallest absolute Gasteiger partial charge is 0.243 e. The topological polar surface area (TPSA) is 85.5 Å². The molecule has 7 nitrogen and oxygen atoms in total. The predicted molar refractivity (Wildman–Crippen MR) is 96.9 cm³/mol. The minimum Gasteiger partial charge on any atom is -0.496 e. The highest BCUT2D eigenvalue weighted by Gasteiger charge is 2.32. The second-order valence-corrected chi connectivity index (χ2v) is 8.88. The molecule has 0 bridgehead atoms. The largest absolute Gasteiger partial charge is 0.496 e. The van der Waals surface area contributed by atoms with Crippen molar-refractivity contribution in [3.63, 3.8) is 0 Å². The van der Waals surface area contributed by atoms with Crippen LogP contribution in [0.4, 0.5) is 0 Å². The van der Waals surface area contributed by atoms with E-state index in [4.69, 9.17) is 9.15 Å². The van der Waals surface area contributed by atoms with Gasteiger partial charge in [0.15, 0.2) is 0 Å². The van der Waals surface area contributed by atoms with E-state index in [-0.39, 0.29) is 11.8 Å². The van der Waals surface area contributed by atoms with Crippen LogP contribution in [0.2, 0.25) is 0 Å². The SMILES string of the molecule is COc1ccc(S(=O)(=O)N2CCC(c3nnc(C(C)C)o3)CC2)cc1C. The summed E-state index contributed by atoms with van der Waals surface area (Å²) in [4.78, 5) is 0.300. The average molecular weight is 379 g/mol. The zero-order chi connectivity index (χ0) is 18.9. The lowest BCUT2D eigenvalue weighted by molar-refractivity contribution is 0.285. The molecule has 1 aliphatic rings. The molecule has 0 spiro atoms. The number of sulfonamides is 1. The Morgan fingerprint density at radius 2 is 1.92 bits per heavy atom. The number of benzene rings is 1. The Kier molecular flexibility index (Phi) is 5.34. The molecule has 2 aromatic rings. The molecule has 1 aromatic heterocycles. The standard InChI is InChI=1S/C18H25N3O4S/c1-12(2)17-19-20-18(25-17)14-7-9-21(10-8-14)26(22,23)15-5-6-16(24-4)13(3)11-15/h5-6,11-12,14H,7-10H2,1-4H3. The van der Waals surface area contributed by atoms with Gasteiger partial charge < -0.3 is 9.15 Å². The van der Waals surface area contributed by atoms with Crippen LogP contribution in [-0.4, -0.2) is 43.1 Å². The number of hydrogen-bond donors (Lipinski definition) is 0. The number of hydrogen-bond acceptors (Lipinski definition) is 6. The summed E-state index contributed by atoms with van der Waals surface area (Å²) in [6, 6.07) is 4.95. The summed E-state index contributed by atoms with van der Waals surface area (Å²) in [5.41, 5.74) is 0.801. The maximum Gasteiger partial charge on any atom is 0.243 e. The van der Waals surface area contributed by atoms with Crippen LogP contribution < -0.4 is 4.74 Å². The lowest BCUT2D eigenvalue weighted by Crippen LogP contribution is -2.38. The molecule has 2 heterocycles. The number of aromatic nitrogens is 2. The molecule has 0 N–H and O–H groups in total. The number of methoxy groups -OCH3 is 1. The van der Waals surface area contributed by atoms with E-state index in [1.54, 1.807) is 25.3 Å². The van der Waals surface area contributed by atoms with Gasteiger partial charge in [-0.1, -0.05) is 13.8 Å². The third-order valence-corrected chi connectivity index (χ3v) is 6.65. The zero-order valence-electron chi connectivity index (χ0n) is 15.6. The molecule has 1 aromatic carbocycles. The molecule has 0 radical (unpaired) electrons. The second-order valence-electron chi connectivity index (χ2n) is 6.94. The van der Waals surface area contributed by atoms with Crippen molar-refractivity contribution in [3.05, 3.63) is 35.5 Å². The van der Waals surface area contributed by atoms with E-state index in [1.807, 2.05) is 20.8 Å². The molecule has 26 heavy (non-hydrogen) atoms. The van der Waals surface area contributed by atoms with E-state index in [1.165, 1.54) is 4.31 Å². The van der Waals surface area contributed by atoms with Gasteiger partial charge in [-0.25, -0.2) is 8.42 Å². The van der Waals surface area contributed by atoms with Gasteiger partial charge in [0, 0.05) is 24.9 Å². The Labute approximate surface area is 154 Å². The third kappa shape index (κ3) is 3.61. The molecule has 0 saturated carbocycles. The molecule has 1 aliphatic heterocycles. The highest BCUT2D eigenvalue weighted by atomic mass is 32.2. The molecule has 142 valence electrons. The van der Waals surface area contributed by atoms with Gasteiger partial charge in [-0.3, -0.25) is 0 Å². The molecule has 0 atom stereocenters. The van der Waals surface area contributed by atoms with E-state index in [0.717, 1.165) is 5.56 Å². The van der Waals surface area contributed by atoms with Crippen LogP contribution in [0.1, 0.15) is 55.9 Å². The van der Waals surface area contributed by atoms with Gasteiger partial charge in [-0.2, -0.15) is 4.31 Å². The first-order valence-corrected chi connectivity index (χ1v) is 10.2. The highest BCUT2D eigenvalue weighted by Crippen LogP contribution is 2.31. The van der Waals surface area contributed by atoms with Crippen LogP contribution in [0.25, 0.3) is 0 Å². The molecule has 8 heteroatoms. The molecule has 0 unspecified atom stereocenters. The summed E-state index contributed by atoms with van der Waals surface area (Å²) in [7, 11) is -1.94. The fourth-order valence-electron chi connectivity index (χ4n) is 3.15. The minimum absolute atomic E-state index is 0.110. The fraction of sp³-hybridized carbons (Fsp3) is 0.556. The fourth-order valence-corrected chi connectivity index (χ4v) is 4.70. The van der Waals surface area contributed by atoms with Gasteiger partial charge in [-0.05, 0) is 43.5 Å². The van der Waals surface area contributed by atoms with E-state index in [0.29, 0.717) is 48.4 Å². The normalized spacial score (nSPS) is 17.0. The van der Waals surface area contributed by atoms with Gasteiger partial charge in [0.1, 0.15) is 5.75 Å². The predicted octanol–water partition coefficient (Wildman–Crippen LogP) is 3.08. The maximum atomic E-state index is 12.9. The Morgan fingerprint density at radius 3 is 2.46 bits per heavy atom. The van der Waals surface area contributed by atoms with E-state index >= 15 is 0 Å². The molecule has 0 aliphatic carbocycles. The maximum absolute atomic E-state index is 12.9. The second kappa shape index (κ2) is 7.36. The summed E-state index contributed by atoms with van der Waals surface area (Å²) in [6.45, 7) is 6.73. The zero-order valence-corrected chi connectivity index (χ0v) is 16.4. The lowest BCUT2D eigenvalue weighted by Gasteiger charge is -2.29. The monoisotopic (exact) mass is 379 g/mol. The number of rotatable bonds is 5. The first kappa shape index (κ1) is 18.8. The van der Waals surface area contributed by atoms with Crippen LogP contribution in [0.3, 0.4) is 0 Å². The van der Waals surface area contributed by atoms with Crippen molar-refractivity contribution in [2.24, 2.45) is 0 Å². The number of aryl methyl sites for hydroxylation is 1. The summed E-state index contributed by atoms with van der Waals surface area (Å²) in [5, 5.41) is 8.21. The summed E-state index contributed by atoms with van der Waals surface area (Å²) >= 11 is 0. The number of nitrogens with zero attached hydrogens (tertiary/aromatic N) is 3. The van der Waals surface area contributed by atoms with Gasteiger partial charge in [-0.15, -0.1) is 10.2 Å². The highest BCUT2D eigenvalue weighted by molar-refractivity contribution is 7.89. The van der Waals surface area contributed by atoms with Gasteiger partial charge in [0.2, 0.25) is 21.8 Å². The van der Waals surface area contributed by atoms with Crippen molar-refractivity contribution in [3.8, 4) is 5.75 Å².